The fourth-order valence-electron chi connectivity index (χ4n) is 6.16. The van der Waals surface area contributed by atoms with E-state index in [0.717, 1.165) is 34.4 Å². The number of carboxylic acid groups (broad SMARTS) is 1. The Hall–Kier alpha value is -5.19. The fourth-order valence-corrected chi connectivity index (χ4v) is 6.16. The Morgan fingerprint density at radius 1 is 0.857 bits per heavy atom. The number of benzene rings is 4. The summed E-state index contributed by atoms with van der Waals surface area (Å²) in [6.45, 7) is 7.75. The van der Waals surface area contributed by atoms with E-state index in [2.05, 4.69) is 15.4 Å². The van der Waals surface area contributed by atoms with Crippen LogP contribution in [0.25, 0.3) is 11.1 Å². The van der Waals surface area contributed by atoms with E-state index in [9.17, 15) is 27.6 Å². The predicted octanol–water partition coefficient (Wildman–Crippen LogP) is 8.83. The lowest BCUT2D eigenvalue weighted by molar-refractivity contribution is -0.274. The highest BCUT2D eigenvalue weighted by Gasteiger charge is 2.33. The van der Waals surface area contributed by atoms with Crippen LogP contribution in [0.15, 0.2) is 78.9 Å². The van der Waals surface area contributed by atoms with Crippen LogP contribution in [0, 0.1) is 26.6 Å². The number of alkyl halides is 3. The van der Waals surface area contributed by atoms with Gasteiger partial charge < -0.3 is 20.5 Å². The molecule has 3 N–H and O–H groups in total. The number of ether oxygens (including phenoxy) is 1. The zero-order valence-electron chi connectivity index (χ0n) is 27.6. The third kappa shape index (κ3) is 9.68. The molecule has 258 valence electrons. The normalized spacial score (nSPS) is 12.6. The lowest BCUT2D eigenvalue weighted by Gasteiger charge is -2.28. The lowest BCUT2D eigenvalue weighted by atomic mass is 9.78. The van der Waals surface area contributed by atoms with Crippen molar-refractivity contribution in [2.75, 3.05) is 11.9 Å². The Balaban J connectivity index is 1.68. The maximum Gasteiger partial charge on any atom is 0.573 e. The van der Waals surface area contributed by atoms with Gasteiger partial charge in [0, 0.05) is 12.1 Å². The summed E-state index contributed by atoms with van der Waals surface area (Å²) in [5, 5.41) is 14.1. The Bertz CT molecular complexity index is 1780. The molecule has 0 aliphatic carbocycles. The summed E-state index contributed by atoms with van der Waals surface area (Å²) < 4.78 is 58.3. The molecule has 4 rings (SSSR count). The molecule has 0 saturated heterocycles. The van der Waals surface area contributed by atoms with Crippen molar-refractivity contribution in [2.45, 2.75) is 65.2 Å². The smallest absolute Gasteiger partial charge is 0.481 e. The first-order valence-electron chi connectivity index (χ1n) is 15.8. The average Bonchev–Trinajstić information content (AvgIpc) is 3.01. The number of nitrogens with one attached hydrogen (secondary N) is 2. The second kappa shape index (κ2) is 15.8. The van der Waals surface area contributed by atoms with Crippen LogP contribution in [0.5, 0.6) is 5.75 Å². The van der Waals surface area contributed by atoms with Gasteiger partial charge >= 0.3 is 12.3 Å². The first-order chi connectivity index (χ1) is 23.2. The average molecular weight is 679 g/mol. The van der Waals surface area contributed by atoms with Gasteiger partial charge in [-0.15, -0.1) is 13.2 Å². The third-order valence-electron chi connectivity index (χ3n) is 8.18. The van der Waals surface area contributed by atoms with Crippen LogP contribution in [0.1, 0.15) is 76.2 Å². The van der Waals surface area contributed by atoms with Crippen molar-refractivity contribution < 1.29 is 41.8 Å². The van der Waals surface area contributed by atoms with Gasteiger partial charge in [-0.2, -0.15) is 0 Å². The number of carbonyl (C=O) groups excluding carboxylic acids is 2. The Kier molecular flexibility index (Phi) is 11.8. The van der Waals surface area contributed by atoms with E-state index in [1.54, 1.807) is 30.3 Å². The van der Waals surface area contributed by atoms with Crippen molar-refractivity contribution in [1.29, 1.82) is 0 Å². The van der Waals surface area contributed by atoms with Gasteiger partial charge in [0.25, 0.3) is 5.91 Å². The first-order valence-corrected chi connectivity index (χ1v) is 15.8. The predicted molar refractivity (Wildman–Crippen MR) is 179 cm³/mol. The van der Waals surface area contributed by atoms with Crippen LogP contribution < -0.4 is 15.4 Å². The Morgan fingerprint density at radius 3 is 2.02 bits per heavy atom. The van der Waals surface area contributed by atoms with Gasteiger partial charge in [-0.1, -0.05) is 61.4 Å². The molecule has 0 aromatic heterocycles. The molecule has 4 aromatic rings. The van der Waals surface area contributed by atoms with Gasteiger partial charge in [-0.3, -0.25) is 14.4 Å². The van der Waals surface area contributed by atoms with E-state index in [1.807, 2.05) is 39.8 Å². The number of hydrogen-bond acceptors (Lipinski definition) is 4. The molecule has 49 heavy (non-hydrogen) atoms. The molecule has 2 amide bonds. The summed E-state index contributed by atoms with van der Waals surface area (Å²) in [7, 11) is 0. The molecule has 1 unspecified atom stereocenters. The van der Waals surface area contributed by atoms with Crippen molar-refractivity contribution in [2.24, 2.45) is 0 Å². The number of halogens is 4. The van der Waals surface area contributed by atoms with E-state index in [1.165, 1.54) is 24.3 Å². The van der Waals surface area contributed by atoms with E-state index in [4.69, 9.17) is 5.11 Å². The largest absolute Gasteiger partial charge is 0.573 e. The summed E-state index contributed by atoms with van der Waals surface area (Å²) in [5.74, 6) is -4.70. The lowest BCUT2D eigenvalue weighted by Crippen LogP contribution is -2.28. The van der Waals surface area contributed by atoms with E-state index in [-0.39, 0.29) is 24.2 Å². The minimum Gasteiger partial charge on any atom is -0.481 e. The molecule has 7 nitrogen and oxygen atoms in total. The van der Waals surface area contributed by atoms with E-state index >= 15 is 4.39 Å². The molecule has 0 spiro atoms. The second-order valence-corrected chi connectivity index (χ2v) is 12.0. The number of carbonyl (C=O) groups is 3. The zero-order chi connectivity index (χ0) is 35.9. The van der Waals surface area contributed by atoms with Crippen LogP contribution in [0.3, 0.4) is 0 Å². The first kappa shape index (κ1) is 36.6. The molecule has 11 heteroatoms. The standard InChI is InChI=1S/C38H38F4N2O5/c1-5-6-30(25-7-9-27(10-8-25)36(47)43-18-17-33(45)46)35(26-11-14-29(15-12-26)49-38(40,41)42)37(48)44-32-16-13-28(21-31(32)39)34-23(3)19-22(2)20-24(34)4/h7-16,19-21,30,35H,5-6,17-18H2,1-4H3,(H,43,47)(H,44,48)(H,45,46)/t30?,35-/m0/s1. The molecule has 0 aliphatic heterocycles. The Morgan fingerprint density at radius 2 is 1.47 bits per heavy atom. The van der Waals surface area contributed by atoms with Crippen molar-refractivity contribution in [3.63, 3.8) is 0 Å². The van der Waals surface area contributed by atoms with Crippen LogP contribution in [-0.4, -0.2) is 35.8 Å². The maximum absolute atomic E-state index is 15.6. The van der Waals surface area contributed by atoms with Gasteiger partial charge in [0.15, 0.2) is 0 Å². The molecule has 2 atom stereocenters. The van der Waals surface area contributed by atoms with Gasteiger partial charge in [0.2, 0.25) is 5.91 Å². The monoisotopic (exact) mass is 678 g/mol. The topological polar surface area (TPSA) is 105 Å². The van der Waals surface area contributed by atoms with E-state index < -0.39 is 47.5 Å². The molecule has 0 radical (unpaired) electrons. The summed E-state index contributed by atoms with van der Waals surface area (Å²) in [6.07, 6.45) is -4.04. The minimum atomic E-state index is -4.90. The van der Waals surface area contributed by atoms with Crippen LogP contribution in [-0.2, 0) is 9.59 Å². The number of amides is 2. The number of anilines is 1. The highest BCUT2D eigenvalue weighted by molar-refractivity contribution is 5.97. The van der Waals surface area contributed by atoms with Gasteiger partial charge in [0.05, 0.1) is 18.0 Å². The fraction of sp³-hybridized carbons (Fsp3) is 0.289. The minimum absolute atomic E-state index is 0.0492. The summed E-state index contributed by atoms with van der Waals surface area (Å²) in [5.41, 5.74) is 5.87. The Labute approximate surface area is 282 Å². The molecular formula is C38H38F4N2O5. The molecular weight excluding hydrogens is 640 g/mol. The third-order valence-corrected chi connectivity index (χ3v) is 8.18. The second-order valence-electron chi connectivity index (χ2n) is 12.0. The summed E-state index contributed by atoms with van der Waals surface area (Å²) in [6, 6.07) is 20.1. The molecule has 4 aromatic carbocycles. The van der Waals surface area contributed by atoms with Gasteiger partial charge in [-0.25, -0.2) is 4.39 Å². The van der Waals surface area contributed by atoms with Crippen molar-refractivity contribution in [3.8, 4) is 16.9 Å². The number of carboxylic acids is 1. The van der Waals surface area contributed by atoms with Crippen LogP contribution >= 0.6 is 0 Å². The number of aliphatic carboxylic acids is 1. The highest BCUT2D eigenvalue weighted by atomic mass is 19.4. The number of hydrogen-bond donors (Lipinski definition) is 3. The van der Waals surface area contributed by atoms with Crippen molar-refractivity contribution in [3.05, 3.63) is 118 Å². The quantitative estimate of drug-likeness (QED) is 0.123. The molecule has 0 heterocycles. The van der Waals surface area contributed by atoms with Gasteiger partial charge in [-0.05, 0) is 103 Å². The summed E-state index contributed by atoms with van der Waals surface area (Å²) >= 11 is 0. The van der Waals surface area contributed by atoms with Crippen LogP contribution in [0.2, 0.25) is 0 Å². The van der Waals surface area contributed by atoms with Crippen molar-refractivity contribution >= 4 is 23.5 Å². The van der Waals surface area contributed by atoms with Crippen molar-refractivity contribution in [1.82, 2.24) is 5.32 Å². The molecule has 0 fully saturated rings. The highest BCUT2D eigenvalue weighted by Crippen LogP contribution is 2.39. The number of rotatable bonds is 13. The number of aryl methyl sites for hydroxylation is 3. The molecule has 0 bridgehead atoms. The van der Waals surface area contributed by atoms with E-state index in [0.29, 0.717) is 29.5 Å². The van der Waals surface area contributed by atoms with Crippen LogP contribution in [0.4, 0.5) is 23.2 Å². The molecule has 0 aliphatic rings. The zero-order valence-corrected chi connectivity index (χ0v) is 27.6. The SMILES string of the molecule is CCCC(c1ccc(C(=O)NCCC(=O)O)cc1)[C@@H](C(=O)Nc1ccc(-c2c(C)cc(C)cc2C)cc1F)c1ccc(OC(F)(F)F)cc1. The molecule has 0 saturated carbocycles. The van der Waals surface area contributed by atoms with Gasteiger partial charge in [0.1, 0.15) is 11.6 Å². The maximum atomic E-state index is 15.6. The summed E-state index contributed by atoms with van der Waals surface area (Å²) in [4.78, 5) is 37.4.